The number of fused-ring (bicyclic) bond motifs is 1. The quantitative estimate of drug-likeness (QED) is 0.674. The molecule has 0 aliphatic carbocycles. The maximum Gasteiger partial charge on any atom is 0.312 e. The lowest BCUT2D eigenvalue weighted by Gasteiger charge is -2.16. The van der Waals surface area contributed by atoms with E-state index in [1.807, 2.05) is 17.1 Å². The van der Waals surface area contributed by atoms with E-state index in [0.29, 0.717) is 13.1 Å². The van der Waals surface area contributed by atoms with E-state index in [0.717, 1.165) is 0 Å². The van der Waals surface area contributed by atoms with Gasteiger partial charge in [0, 0.05) is 25.4 Å². The van der Waals surface area contributed by atoms with Crippen LogP contribution in [0.25, 0.3) is 0 Å². The van der Waals surface area contributed by atoms with Crippen molar-refractivity contribution < 1.29 is 4.92 Å². The molecule has 2 aromatic rings. The first-order chi connectivity index (χ1) is 9.24. The van der Waals surface area contributed by atoms with Gasteiger partial charge in [-0.25, -0.2) is 9.99 Å². The van der Waals surface area contributed by atoms with Gasteiger partial charge in [0.25, 0.3) is 0 Å². The predicted octanol–water partition coefficient (Wildman–Crippen LogP) is 2.33. The third-order valence-corrected chi connectivity index (χ3v) is 3.09. The Kier molecular flexibility index (Phi) is 2.85. The zero-order valence-electron chi connectivity index (χ0n) is 10.1. The van der Waals surface area contributed by atoms with Gasteiger partial charge in [-0.15, -0.1) is 0 Å². The van der Waals surface area contributed by atoms with Crippen molar-refractivity contribution in [2.24, 2.45) is 0 Å². The summed E-state index contributed by atoms with van der Waals surface area (Å²) in [4.78, 5) is 14.5. The largest absolute Gasteiger partial charge is 0.312 e. The number of rotatable bonds is 3. The Balaban J connectivity index is 1.80. The van der Waals surface area contributed by atoms with Gasteiger partial charge < -0.3 is 0 Å². The molecule has 0 saturated carbocycles. The monoisotopic (exact) mass is 256 g/mol. The molecule has 0 amide bonds. The minimum atomic E-state index is -0.432. The van der Waals surface area contributed by atoms with Crippen LogP contribution >= 0.6 is 0 Å². The summed E-state index contributed by atoms with van der Waals surface area (Å²) in [5.74, 6) is 0.278. The summed E-state index contributed by atoms with van der Waals surface area (Å²) < 4.78 is 0. The Bertz CT molecular complexity index is 605. The van der Waals surface area contributed by atoms with Gasteiger partial charge in [-0.2, -0.15) is 0 Å². The first-order valence-electron chi connectivity index (χ1n) is 5.92. The zero-order valence-corrected chi connectivity index (χ0v) is 10.1. The molecule has 0 bridgehead atoms. The molecule has 19 heavy (non-hydrogen) atoms. The highest BCUT2D eigenvalue weighted by Crippen LogP contribution is 2.26. The number of benzene rings is 1. The summed E-state index contributed by atoms with van der Waals surface area (Å²) in [6.07, 6.45) is 1.54. The van der Waals surface area contributed by atoms with Gasteiger partial charge in [0.1, 0.15) is 0 Å². The second-order valence-corrected chi connectivity index (χ2v) is 4.36. The van der Waals surface area contributed by atoms with Gasteiger partial charge in [0.2, 0.25) is 5.82 Å². The summed E-state index contributed by atoms with van der Waals surface area (Å²) in [7, 11) is 0. The van der Waals surface area contributed by atoms with E-state index in [1.165, 1.54) is 17.2 Å². The number of anilines is 1. The topological polar surface area (TPSA) is 71.3 Å². The van der Waals surface area contributed by atoms with Crippen LogP contribution in [-0.4, -0.2) is 14.9 Å². The molecule has 0 fully saturated rings. The second kappa shape index (κ2) is 4.66. The average molecular weight is 256 g/mol. The molecule has 2 heterocycles. The van der Waals surface area contributed by atoms with Crippen molar-refractivity contribution in [2.75, 3.05) is 5.43 Å². The summed E-state index contributed by atoms with van der Waals surface area (Å²) >= 11 is 0. The molecule has 0 radical (unpaired) electrons. The third-order valence-electron chi connectivity index (χ3n) is 3.09. The van der Waals surface area contributed by atoms with Crippen LogP contribution in [0.4, 0.5) is 11.5 Å². The number of hydrogen-bond acceptors (Lipinski definition) is 5. The SMILES string of the molecule is O=[N+]([O-])c1cccnc1NN1Cc2ccccc2C1. The Morgan fingerprint density at radius 2 is 1.84 bits per heavy atom. The normalized spacial score (nSPS) is 14.1. The highest BCUT2D eigenvalue weighted by atomic mass is 16.6. The fourth-order valence-electron chi connectivity index (χ4n) is 2.19. The minimum absolute atomic E-state index is 0.0153. The first-order valence-corrected chi connectivity index (χ1v) is 5.92. The number of hydrazine groups is 1. The smallest absolute Gasteiger partial charge is 0.297 e. The van der Waals surface area contributed by atoms with E-state index < -0.39 is 4.92 Å². The molecular weight excluding hydrogens is 244 g/mol. The minimum Gasteiger partial charge on any atom is -0.297 e. The van der Waals surface area contributed by atoms with Crippen LogP contribution in [0.5, 0.6) is 0 Å². The zero-order chi connectivity index (χ0) is 13.2. The van der Waals surface area contributed by atoms with Crippen LogP contribution in [0.2, 0.25) is 0 Å². The molecule has 0 atom stereocenters. The van der Waals surface area contributed by atoms with E-state index in [4.69, 9.17) is 0 Å². The summed E-state index contributed by atoms with van der Waals surface area (Å²) in [5.41, 5.74) is 5.46. The molecule has 6 heteroatoms. The van der Waals surface area contributed by atoms with Gasteiger partial charge in [-0.05, 0) is 17.2 Å². The molecule has 3 rings (SSSR count). The van der Waals surface area contributed by atoms with Crippen LogP contribution in [-0.2, 0) is 13.1 Å². The van der Waals surface area contributed by atoms with Gasteiger partial charge in [-0.1, -0.05) is 24.3 Å². The van der Waals surface area contributed by atoms with Crippen LogP contribution < -0.4 is 5.43 Å². The van der Waals surface area contributed by atoms with E-state index in [-0.39, 0.29) is 11.5 Å². The molecular formula is C13H12N4O2. The summed E-state index contributed by atoms with van der Waals surface area (Å²) in [6, 6.07) is 11.1. The second-order valence-electron chi connectivity index (χ2n) is 4.36. The van der Waals surface area contributed by atoms with Crippen molar-refractivity contribution >= 4 is 11.5 Å². The standard InChI is InChI=1S/C13H12N4O2/c18-17(19)12-6-3-7-14-13(12)15-16-8-10-4-1-2-5-11(10)9-16/h1-7H,8-9H2,(H,14,15). The van der Waals surface area contributed by atoms with Crippen LogP contribution in [0.15, 0.2) is 42.6 Å². The van der Waals surface area contributed by atoms with E-state index in [1.54, 1.807) is 12.3 Å². The number of hydrogen-bond donors (Lipinski definition) is 1. The molecule has 1 aliphatic heterocycles. The maximum absolute atomic E-state index is 10.9. The lowest BCUT2D eigenvalue weighted by atomic mass is 10.1. The molecule has 1 aromatic carbocycles. The lowest BCUT2D eigenvalue weighted by molar-refractivity contribution is -0.384. The Morgan fingerprint density at radius 3 is 2.47 bits per heavy atom. The van der Waals surface area contributed by atoms with Crippen molar-refractivity contribution in [3.8, 4) is 0 Å². The molecule has 6 nitrogen and oxygen atoms in total. The van der Waals surface area contributed by atoms with Crippen molar-refractivity contribution in [3.05, 3.63) is 63.8 Å². The summed E-state index contributed by atoms with van der Waals surface area (Å²) in [6.45, 7) is 1.42. The highest BCUT2D eigenvalue weighted by molar-refractivity contribution is 5.54. The number of nitrogens with one attached hydrogen (secondary N) is 1. The van der Waals surface area contributed by atoms with E-state index >= 15 is 0 Å². The number of nitro groups is 1. The van der Waals surface area contributed by atoms with Gasteiger partial charge in [0.15, 0.2) is 0 Å². The van der Waals surface area contributed by atoms with Crippen LogP contribution in [0.3, 0.4) is 0 Å². The molecule has 96 valence electrons. The van der Waals surface area contributed by atoms with Crippen LogP contribution in [0.1, 0.15) is 11.1 Å². The van der Waals surface area contributed by atoms with Crippen molar-refractivity contribution in [3.63, 3.8) is 0 Å². The average Bonchev–Trinajstić information content (AvgIpc) is 2.81. The third kappa shape index (κ3) is 2.25. The number of aromatic nitrogens is 1. The van der Waals surface area contributed by atoms with Crippen LogP contribution in [0, 0.1) is 10.1 Å². The molecule has 1 aliphatic rings. The Labute approximate surface area is 109 Å². The van der Waals surface area contributed by atoms with Gasteiger partial charge in [-0.3, -0.25) is 15.5 Å². The van der Waals surface area contributed by atoms with Gasteiger partial charge >= 0.3 is 5.69 Å². The number of nitrogens with zero attached hydrogens (tertiary/aromatic N) is 3. The summed E-state index contributed by atoms with van der Waals surface area (Å²) in [5, 5.41) is 12.8. The highest BCUT2D eigenvalue weighted by Gasteiger charge is 2.21. The van der Waals surface area contributed by atoms with Crippen molar-refractivity contribution in [2.45, 2.75) is 13.1 Å². The Morgan fingerprint density at radius 1 is 1.16 bits per heavy atom. The predicted molar refractivity (Wildman–Crippen MR) is 70.2 cm³/mol. The molecule has 0 spiro atoms. The maximum atomic E-state index is 10.9. The molecule has 1 N–H and O–H groups in total. The lowest BCUT2D eigenvalue weighted by Crippen LogP contribution is -2.24. The molecule has 0 saturated heterocycles. The van der Waals surface area contributed by atoms with E-state index in [9.17, 15) is 10.1 Å². The number of pyridine rings is 1. The molecule has 1 aromatic heterocycles. The fourth-order valence-corrected chi connectivity index (χ4v) is 2.19. The van der Waals surface area contributed by atoms with Crippen molar-refractivity contribution in [1.29, 1.82) is 0 Å². The fraction of sp³-hybridized carbons (Fsp3) is 0.154. The molecule has 0 unspecified atom stereocenters. The van der Waals surface area contributed by atoms with Gasteiger partial charge in [0.05, 0.1) is 4.92 Å². The first kappa shape index (κ1) is 11.6. The van der Waals surface area contributed by atoms with Crippen molar-refractivity contribution in [1.82, 2.24) is 9.99 Å². The van der Waals surface area contributed by atoms with E-state index in [2.05, 4.69) is 22.5 Å². The Hall–Kier alpha value is -2.47.